The van der Waals surface area contributed by atoms with Crippen molar-refractivity contribution >= 4 is 29.5 Å². The first-order valence-electron chi connectivity index (χ1n) is 11.7. The van der Waals surface area contributed by atoms with E-state index in [0.717, 1.165) is 16.3 Å². The standard InChI is InChI=1S/C27H24N4O5/c32-24(30-14-12-29(13-15-30)23-8-4-5-11-28-23)18-36-27(35)20-9-10-21-22(16-20)26(34)31(25(21)33)17-19-6-2-1-3-7-19/h1-11,16H,12-15,17-18H2. The molecule has 3 amide bonds. The quantitative estimate of drug-likeness (QED) is 0.391. The Morgan fingerprint density at radius 3 is 2.28 bits per heavy atom. The van der Waals surface area contributed by atoms with Crippen LogP contribution in [0.2, 0.25) is 0 Å². The van der Waals surface area contributed by atoms with Crippen LogP contribution in [0.5, 0.6) is 0 Å². The van der Waals surface area contributed by atoms with Crippen LogP contribution in [0.25, 0.3) is 0 Å². The lowest BCUT2D eigenvalue weighted by atomic mass is 10.1. The number of carbonyl (C=O) groups excluding carboxylic acids is 4. The minimum Gasteiger partial charge on any atom is -0.452 e. The molecule has 0 atom stereocenters. The van der Waals surface area contributed by atoms with Crippen LogP contribution in [0.4, 0.5) is 5.82 Å². The average Bonchev–Trinajstić information content (AvgIpc) is 3.17. The second-order valence-corrected chi connectivity index (χ2v) is 8.57. The Hall–Kier alpha value is -4.53. The number of rotatable bonds is 6. The second kappa shape index (κ2) is 9.99. The molecule has 1 saturated heterocycles. The normalized spacial score (nSPS) is 15.2. The lowest BCUT2D eigenvalue weighted by Crippen LogP contribution is -2.50. The summed E-state index contributed by atoms with van der Waals surface area (Å²) in [6, 6.07) is 19.2. The number of fused-ring (bicyclic) bond motifs is 1. The van der Waals surface area contributed by atoms with Crippen LogP contribution in [0.1, 0.15) is 36.6 Å². The number of hydrogen-bond acceptors (Lipinski definition) is 7. The molecule has 0 bridgehead atoms. The lowest BCUT2D eigenvalue weighted by Gasteiger charge is -2.35. The molecule has 0 radical (unpaired) electrons. The molecule has 9 nitrogen and oxygen atoms in total. The van der Waals surface area contributed by atoms with Gasteiger partial charge in [-0.25, -0.2) is 9.78 Å². The van der Waals surface area contributed by atoms with Crippen molar-refractivity contribution in [3.8, 4) is 0 Å². The van der Waals surface area contributed by atoms with Crippen molar-refractivity contribution in [1.29, 1.82) is 0 Å². The van der Waals surface area contributed by atoms with Gasteiger partial charge in [0.05, 0.1) is 23.2 Å². The third kappa shape index (κ3) is 4.68. The topological polar surface area (TPSA) is 100 Å². The van der Waals surface area contributed by atoms with Crippen molar-refractivity contribution in [3.63, 3.8) is 0 Å². The fraction of sp³-hybridized carbons (Fsp3) is 0.222. The van der Waals surface area contributed by atoms with E-state index >= 15 is 0 Å². The van der Waals surface area contributed by atoms with Gasteiger partial charge in [0.15, 0.2) is 6.61 Å². The molecule has 0 saturated carbocycles. The molecule has 182 valence electrons. The number of pyridine rings is 1. The van der Waals surface area contributed by atoms with Gasteiger partial charge in [0.1, 0.15) is 5.82 Å². The molecule has 0 N–H and O–H groups in total. The third-order valence-corrected chi connectivity index (χ3v) is 6.32. The lowest BCUT2D eigenvalue weighted by molar-refractivity contribution is -0.134. The van der Waals surface area contributed by atoms with Gasteiger partial charge in [-0.1, -0.05) is 36.4 Å². The van der Waals surface area contributed by atoms with E-state index in [4.69, 9.17) is 4.74 Å². The molecule has 0 aliphatic carbocycles. The van der Waals surface area contributed by atoms with Crippen LogP contribution in [0.15, 0.2) is 72.9 Å². The monoisotopic (exact) mass is 484 g/mol. The number of carbonyl (C=O) groups is 4. The van der Waals surface area contributed by atoms with Gasteiger partial charge in [0.2, 0.25) is 0 Å². The minimum absolute atomic E-state index is 0.115. The number of esters is 1. The van der Waals surface area contributed by atoms with Gasteiger partial charge in [-0.3, -0.25) is 19.3 Å². The number of piperazine rings is 1. The highest BCUT2D eigenvalue weighted by Crippen LogP contribution is 2.26. The Bertz CT molecular complexity index is 1300. The van der Waals surface area contributed by atoms with E-state index in [1.165, 1.54) is 18.2 Å². The van der Waals surface area contributed by atoms with E-state index in [9.17, 15) is 19.2 Å². The summed E-state index contributed by atoms with van der Waals surface area (Å²) in [5.41, 5.74) is 1.34. The number of imide groups is 1. The number of amides is 3. The van der Waals surface area contributed by atoms with Crippen molar-refractivity contribution in [2.45, 2.75) is 6.54 Å². The number of aromatic nitrogens is 1. The maximum absolute atomic E-state index is 12.9. The molecule has 2 aliphatic heterocycles. The zero-order chi connectivity index (χ0) is 25.1. The molecule has 1 aromatic heterocycles. The molecular weight excluding hydrogens is 460 g/mol. The molecule has 2 aliphatic rings. The maximum atomic E-state index is 12.9. The highest BCUT2D eigenvalue weighted by Gasteiger charge is 2.36. The molecule has 3 aromatic rings. The molecule has 5 rings (SSSR count). The molecule has 2 aromatic carbocycles. The van der Waals surface area contributed by atoms with E-state index < -0.39 is 24.4 Å². The van der Waals surface area contributed by atoms with Gasteiger partial charge in [-0.15, -0.1) is 0 Å². The summed E-state index contributed by atoms with van der Waals surface area (Å²) in [7, 11) is 0. The Kier molecular flexibility index (Phi) is 6.44. The van der Waals surface area contributed by atoms with Crippen LogP contribution >= 0.6 is 0 Å². The van der Waals surface area contributed by atoms with Crippen molar-refractivity contribution < 1.29 is 23.9 Å². The summed E-state index contributed by atoms with van der Waals surface area (Å²) < 4.78 is 5.23. The minimum atomic E-state index is -0.722. The Balaban J connectivity index is 1.17. The highest BCUT2D eigenvalue weighted by molar-refractivity contribution is 6.21. The van der Waals surface area contributed by atoms with Crippen LogP contribution in [-0.2, 0) is 16.1 Å². The molecule has 36 heavy (non-hydrogen) atoms. The van der Waals surface area contributed by atoms with Crippen molar-refractivity contribution in [3.05, 3.63) is 95.2 Å². The summed E-state index contributed by atoms with van der Waals surface area (Å²) in [5.74, 6) is -1.01. The molecule has 0 spiro atoms. The van der Waals surface area contributed by atoms with E-state index in [2.05, 4.69) is 9.88 Å². The first-order chi connectivity index (χ1) is 17.5. The Morgan fingerprint density at radius 1 is 0.833 bits per heavy atom. The van der Waals surface area contributed by atoms with E-state index in [1.54, 1.807) is 11.1 Å². The van der Waals surface area contributed by atoms with Gasteiger partial charge in [0.25, 0.3) is 17.7 Å². The number of nitrogens with zero attached hydrogens (tertiary/aromatic N) is 4. The van der Waals surface area contributed by atoms with Crippen molar-refractivity contribution in [1.82, 2.24) is 14.8 Å². The maximum Gasteiger partial charge on any atom is 0.338 e. The fourth-order valence-corrected chi connectivity index (χ4v) is 4.35. The predicted molar refractivity (Wildman–Crippen MR) is 130 cm³/mol. The highest BCUT2D eigenvalue weighted by atomic mass is 16.5. The van der Waals surface area contributed by atoms with Crippen LogP contribution in [-0.4, -0.2) is 71.3 Å². The number of benzene rings is 2. The number of ether oxygens (including phenoxy) is 1. The summed E-state index contributed by atoms with van der Waals surface area (Å²) in [6.07, 6.45) is 1.73. The van der Waals surface area contributed by atoms with Gasteiger partial charge in [-0.05, 0) is 35.9 Å². The molecule has 3 heterocycles. The van der Waals surface area contributed by atoms with E-state index in [1.807, 2.05) is 48.5 Å². The Morgan fingerprint density at radius 2 is 1.56 bits per heavy atom. The summed E-state index contributed by atoms with van der Waals surface area (Å²) in [4.78, 5) is 60.0. The SMILES string of the molecule is O=C(OCC(=O)N1CCN(c2ccccn2)CC1)c1ccc2c(c1)C(=O)N(Cc1ccccc1)C2=O. The zero-order valence-corrected chi connectivity index (χ0v) is 19.5. The zero-order valence-electron chi connectivity index (χ0n) is 19.5. The largest absolute Gasteiger partial charge is 0.452 e. The predicted octanol–water partition coefficient (Wildman–Crippen LogP) is 2.38. The molecular formula is C27H24N4O5. The van der Waals surface area contributed by atoms with Crippen LogP contribution in [0.3, 0.4) is 0 Å². The molecule has 0 unspecified atom stereocenters. The van der Waals surface area contributed by atoms with Gasteiger partial charge in [0, 0.05) is 32.4 Å². The van der Waals surface area contributed by atoms with E-state index in [-0.39, 0.29) is 29.1 Å². The first-order valence-corrected chi connectivity index (χ1v) is 11.7. The second-order valence-electron chi connectivity index (χ2n) is 8.57. The summed E-state index contributed by atoms with van der Waals surface area (Å²) in [5, 5.41) is 0. The van der Waals surface area contributed by atoms with Gasteiger partial charge in [-0.2, -0.15) is 0 Å². The van der Waals surface area contributed by atoms with E-state index in [0.29, 0.717) is 26.2 Å². The third-order valence-electron chi connectivity index (χ3n) is 6.32. The smallest absolute Gasteiger partial charge is 0.338 e. The van der Waals surface area contributed by atoms with Gasteiger partial charge >= 0.3 is 5.97 Å². The Labute approximate surface area is 207 Å². The molecule has 9 heteroatoms. The fourth-order valence-electron chi connectivity index (χ4n) is 4.35. The van der Waals surface area contributed by atoms with Crippen molar-refractivity contribution in [2.75, 3.05) is 37.7 Å². The number of anilines is 1. The van der Waals surface area contributed by atoms with Crippen molar-refractivity contribution in [2.24, 2.45) is 0 Å². The van der Waals surface area contributed by atoms with Crippen LogP contribution < -0.4 is 4.90 Å². The van der Waals surface area contributed by atoms with Gasteiger partial charge < -0.3 is 14.5 Å². The van der Waals surface area contributed by atoms with Crippen LogP contribution in [0, 0.1) is 0 Å². The molecule has 1 fully saturated rings. The summed E-state index contributed by atoms with van der Waals surface area (Å²) in [6.45, 7) is 2.02. The summed E-state index contributed by atoms with van der Waals surface area (Å²) >= 11 is 0. The average molecular weight is 485 g/mol. The first kappa shape index (κ1) is 23.2. The number of hydrogen-bond donors (Lipinski definition) is 0.